The fourth-order valence-corrected chi connectivity index (χ4v) is 3.82. The van der Waals surface area contributed by atoms with Gasteiger partial charge >= 0.3 is 0 Å². The minimum absolute atomic E-state index is 0.144. The summed E-state index contributed by atoms with van der Waals surface area (Å²) in [4.78, 5) is 12.2. The van der Waals surface area contributed by atoms with Gasteiger partial charge in [-0.25, -0.2) is 0 Å². The Morgan fingerprint density at radius 3 is 1.93 bits per heavy atom. The Balaban J connectivity index is 1.59. The normalized spacial score (nSPS) is 13.2. The Morgan fingerprint density at radius 2 is 1.34 bits per heavy atom. The number of carbonyl (C=O) groups excluding carboxylic acids is 1. The topological polar surface area (TPSA) is 37.3 Å². The van der Waals surface area contributed by atoms with Crippen LogP contribution in [0.25, 0.3) is 0 Å². The van der Waals surface area contributed by atoms with Crippen LogP contribution in [0.2, 0.25) is 0 Å². The number of hydrogen-bond donors (Lipinski definition) is 1. The molecule has 1 N–H and O–H groups in total. The molecule has 1 unspecified atom stereocenters. The largest absolute Gasteiger partial charge is 0.395 e. The van der Waals surface area contributed by atoms with Gasteiger partial charge in [0.15, 0.2) is 0 Å². The van der Waals surface area contributed by atoms with Crippen LogP contribution < -0.4 is 0 Å². The first kappa shape index (κ1) is 23.3. The van der Waals surface area contributed by atoms with Crippen LogP contribution in [0.3, 0.4) is 0 Å². The Hall–Kier alpha value is -1.93. The lowest BCUT2D eigenvalue weighted by Gasteiger charge is -2.28. The van der Waals surface area contributed by atoms with Crippen molar-refractivity contribution in [2.75, 3.05) is 6.61 Å². The van der Waals surface area contributed by atoms with E-state index in [1.807, 2.05) is 0 Å². The SMILES string of the molecule is Cc1ccc(CCCCCC(=O)CCCCC(C)(CO)c2ccc(C)cc2)cc1. The number of Topliss-reactive ketones (excluding diaryl/α,β-unsaturated/α-hetero) is 1. The monoisotopic (exact) mass is 394 g/mol. The second-order valence-corrected chi connectivity index (χ2v) is 8.88. The van der Waals surface area contributed by atoms with E-state index < -0.39 is 0 Å². The van der Waals surface area contributed by atoms with Gasteiger partial charge in [-0.1, -0.05) is 79.4 Å². The summed E-state index contributed by atoms with van der Waals surface area (Å²) in [6.07, 6.45) is 8.58. The maximum atomic E-state index is 12.2. The number of aryl methyl sites for hydroxylation is 3. The first-order valence-electron chi connectivity index (χ1n) is 11.2. The van der Waals surface area contributed by atoms with E-state index in [9.17, 15) is 9.90 Å². The van der Waals surface area contributed by atoms with Crippen molar-refractivity contribution in [2.45, 2.75) is 84.0 Å². The third-order valence-electron chi connectivity index (χ3n) is 6.07. The zero-order valence-corrected chi connectivity index (χ0v) is 18.5. The lowest BCUT2D eigenvalue weighted by molar-refractivity contribution is -0.119. The average molecular weight is 395 g/mol. The fraction of sp³-hybridized carbons (Fsp3) is 0.519. The molecule has 0 aliphatic rings. The molecule has 0 radical (unpaired) electrons. The molecule has 0 aromatic heterocycles. The van der Waals surface area contributed by atoms with Crippen molar-refractivity contribution >= 4 is 5.78 Å². The molecule has 29 heavy (non-hydrogen) atoms. The van der Waals surface area contributed by atoms with Gasteiger partial charge in [-0.2, -0.15) is 0 Å². The highest BCUT2D eigenvalue weighted by molar-refractivity contribution is 5.78. The predicted octanol–water partition coefficient (Wildman–Crippen LogP) is 6.49. The summed E-state index contributed by atoms with van der Waals surface area (Å²) >= 11 is 0. The van der Waals surface area contributed by atoms with Crippen molar-refractivity contribution in [3.05, 3.63) is 70.8 Å². The van der Waals surface area contributed by atoms with E-state index in [1.54, 1.807) is 0 Å². The molecular formula is C27H38O2. The van der Waals surface area contributed by atoms with E-state index in [4.69, 9.17) is 0 Å². The van der Waals surface area contributed by atoms with Crippen LogP contribution in [-0.4, -0.2) is 17.5 Å². The molecule has 1 atom stereocenters. The zero-order chi connectivity index (χ0) is 21.1. The van der Waals surface area contributed by atoms with Gasteiger partial charge in [0.1, 0.15) is 5.78 Å². The Morgan fingerprint density at radius 1 is 0.793 bits per heavy atom. The molecule has 0 spiro atoms. The number of carbonyl (C=O) groups is 1. The number of aliphatic hydroxyl groups is 1. The van der Waals surface area contributed by atoms with Crippen LogP contribution in [0.1, 0.15) is 80.5 Å². The Bertz CT molecular complexity index is 730. The molecule has 0 aliphatic carbocycles. The number of unbranched alkanes of at least 4 members (excludes halogenated alkanes) is 3. The molecule has 158 valence electrons. The number of aliphatic hydroxyl groups excluding tert-OH is 1. The summed E-state index contributed by atoms with van der Waals surface area (Å²) in [6.45, 7) is 6.45. The highest BCUT2D eigenvalue weighted by atomic mass is 16.3. The van der Waals surface area contributed by atoms with E-state index in [-0.39, 0.29) is 12.0 Å². The maximum Gasteiger partial charge on any atom is 0.132 e. The average Bonchev–Trinajstić information content (AvgIpc) is 2.72. The zero-order valence-electron chi connectivity index (χ0n) is 18.5. The number of benzene rings is 2. The molecule has 0 fully saturated rings. The minimum atomic E-state index is -0.216. The van der Waals surface area contributed by atoms with Gasteiger partial charge in [0.25, 0.3) is 0 Å². The molecule has 2 nitrogen and oxygen atoms in total. The second kappa shape index (κ2) is 11.9. The molecule has 2 heteroatoms. The highest BCUT2D eigenvalue weighted by Gasteiger charge is 2.25. The third-order valence-corrected chi connectivity index (χ3v) is 6.07. The lowest BCUT2D eigenvalue weighted by Crippen LogP contribution is -2.26. The van der Waals surface area contributed by atoms with Crippen molar-refractivity contribution in [1.29, 1.82) is 0 Å². The standard InChI is InChI=1S/C27H38O2/c1-22-12-16-24(17-13-22)9-5-4-6-10-26(29)11-7-8-20-27(3,21-28)25-18-14-23(2)15-19-25/h12-19,28H,4-11,20-21H2,1-3H3. The number of rotatable bonds is 13. The molecular weight excluding hydrogens is 356 g/mol. The molecule has 0 saturated carbocycles. The van der Waals surface area contributed by atoms with Crippen LogP contribution in [0.5, 0.6) is 0 Å². The van der Waals surface area contributed by atoms with Gasteiger partial charge in [-0.3, -0.25) is 4.79 Å². The number of hydrogen-bond acceptors (Lipinski definition) is 2. The first-order chi connectivity index (χ1) is 13.9. The van der Waals surface area contributed by atoms with Crippen LogP contribution >= 0.6 is 0 Å². The van der Waals surface area contributed by atoms with Gasteiger partial charge in [0.05, 0.1) is 6.61 Å². The molecule has 0 bridgehead atoms. The van der Waals surface area contributed by atoms with Crippen LogP contribution in [0.15, 0.2) is 48.5 Å². The Kier molecular flexibility index (Phi) is 9.60. The summed E-state index contributed by atoms with van der Waals surface area (Å²) in [5.41, 5.74) is 4.90. The molecule has 2 aromatic carbocycles. The summed E-state index contributed by atoms with van der Waals surface area (Å²) < 4.78 is 0. The van der Waals surface area contributed by atoms with Crippen LogP contribution in [0.4, 0.5) is 0 Å². The molecule has 0 heterocycles. The quantitative estimate of drug-likeness (QED) is 0.394. The maximum absolute atomic E-state index is 12.2. The van der Waals surface area contributed by atoms with Gasteiger partial charge in [-0.15, -0.1) is 0 Å². The molecule has 0 aliphatic heterocycles. The highest BCUT2D eigenvalue weighted by Crippen LogP contribution is 2.29. The van der Waals surface area contributed by atoms with Crippen LogP contribution in [0, 0.1) is 13.8 Å². The lowest BCUT2D eigenvalue weighted by atomic mass is 9.78. The molecule has 0 amide bonds. The summed E-state index contributed by atoms with van der Waals surface area (Å²) in [5, 5.41) is 9.91. The van der Waals surface area contributed by atoms with Gasteiger partial charge < -0.3 is 5.11 Å². The third kappa shape index (κ3) is 8.14. The van der Waals surface area contributed by atoms with E-state index in [0.29, 0.717) is 18.6 Å². The van der Waals surface area contributed by atoms with Crippen molar-refractivity contribution in [1.82, 2.24) is 0 Å². The summed E-state index contributed by atoms with van der Waals surface area (Å²) in [7, 11) is 0. The van der Waals surface area contributed by atoms with Gasteiger partial charge in [0.2, 0.25) is 0 Å². The van der Waals surface area contributed by atoms with Crippen LogP contribution in [-0.2, 0) is 16.6 Å². The van der Waals surface area contributed by atoms with Crippen molar-refractivity contribution in [2.24, 2.45) is 0 Å². The van der Waals surface area contributed by atoms with Crippen molar-refractivity contribution in [3.8, 4) is 0 Å². The van der Waals surface area contributed by atoms with E-state index >= 15 is 0 Å². The van der Waals surface area contributed by atoms with Crippen molar-refractivity contribution in [3.63, 3.8) is 0 Å². The van der Waals surface area contributed by atoms with Crippen molar-refractivity contribution < 1.29 is 9.90 Å². The number of ketones is 1. The molecule has 0 saturated heterocycles. The Labute approximate surface area is 177 Å². The smallest absolute Gasteiger partial charge is 0.132 e. The summed E-state index contributed by atoms with van der Waals surface area (Å²) in [6, 6.07) is 17.2. The van der Waals surface area contributed by atoms with E-state index in [2.05, 4.69) is 69.3 Å². The minimum Gasteiger partial charge on any atom is -0.395 e. The molecule has 2 rings (SSSR count). The van der Waals surface area contributed by atoms with E-state index in [0.717, 1.165) is 44.9 Å². The predicted molar refractivity (Wildman–Crippen MR) is 122 cm³/mol. The second-order valence-electron chi connectivity index (χ2n) is 8.88. The summed E-state index contributed by atoms with van der Waals surface area (Å²) in [5.74, 6) is 0.390. The molecule has 2 aromatic rings. The fourth-order valence-electron chi connectivity index (χ4n) is 3.82. The van der Waals surface area contributed by atoms with E-state index in [1.165, 1.54) is 22.3 Å². The first-order valence-corrected chi connectivity index (χ1v) is 11.2. The van der Waals surface area contributed by atoms with Gasteiger partial charge in [-0.05, 0) is 57.1 Å². The van der Waals surface area contributed by atoms with Gasteiger partial charge in [0, 0.05) is 18.3 Å².